The van der Waals surface area contributed by atoms with Gasteiger partial charge >= 0.3 is 6.09 Å². The van der Waals surface area contributed by atoms with Crippen molar-refractivity contribution in [1.82, 2.24) is 14.9 Å². The van der Waals surface area contributed by atoms with E-state index in [4.69, 9.17) is 43.5 Å². The molecule has 0 bridgehead atoms. The molecule has 0 aliphatic carbocycles. The first-order chi connectivity index (χ1) is 15.3. The van der Waals surface area contributed by atoms with Crippen molar-refractivity contribution in [2.24, 2.45) is 5.73 Å². The number of benzene rings is 2. The van der Waals surface area contributed by atoms with Crippen LogP contribution in [0.5, 0.6) is 11.5 Å². The number of carboxylic acid groups (broad SMARTS) is 1. The first-order valence-electron chi connectivity index (χ1n) is 9.69. The van der Waals surface area contributed by atoms with Gasteiger partial charge in [-0.15, -0.1) is 0 Å². The number of likely N-dealkylation sites (tertiary alicyclic amines) is 1. The van der Waals surface area contributed by atoms with Crippen molar-refractivity contribution >= 4 is 46.1 Å². The van der Waals surface area contributed by atoms with Crippen LogP contribution < -0.4 is 20.5 Å². The van der Waals surface area contributed by atoms with Crippen LogP contribution in [0.2, 0.25) is 10.0 Å². The molecule has 1 saturated heterocycles. The summed E-state index contributed by atoms with van der Waals surface area (Å²) in [7, 11) is 3.04. The third-order valence-electron chi connectivity index (χ3n) is 5.39. The third kappa shape index (κ3) is 4.06. The standard InChI is InChI=1S/C21H21Cl2N5O4/c1-31-15-6-16(32-2)19(23)17(18(15)22)10-3-4-13-11(5-10)7-25-20(26-13)27-14-9-28(21(29)30)8-12(14)24/h3-7,12,14H,8-9,24H2,1-2H3,(H,29,30)(H,25,26,27)/t12-,14+/m0/s1. The predicted octanol–water partition coefficient (Wildman–Crippen LogP) is 3.72. The number of halogens is 2. The Morgan fingerprint density at radius 2 is 1.88 bits per heavy atom. The molecule has 3 aromatic rings. The fourth-order valence-corrected chi connectivity index (χ4v) is 4.42. The monoisotopic (exact) mass is 477 g/mol. The summed E-state index contributed by atoms with van der Waals surface area (Å²) >= 11 is 13.1. The zero-order valence-corrected chi connectivity index (χ0v) is 18.8. The minimum atomic E-state index is -0.997. The van der Waals surface area contributed by atoms with Gasteiger partial charge in [0, 0.05) is 42.3 Å². The van der Waals surface area contributed by atoms with Crippen LogP contribution in [-0.4, -0.2) is 65.5 Å². The van der Waals surface area contributed by atoms with Gasteiger partial charge in [0.15, 0.2) is 0 Å². The van der Waals surface area contributed by atoms with Gasteiger partial charge in [0.05, 0.1) is 35.8 Å². The fourth-order valence-electron chi connectivity index (χ4n) is 3.70. The second kappa shape index (κ2) is 8.85. The maximum absolute atomic E-state index is 11.2. The Labute approximate surface area is 194 Å². The van der Waals surface area contributed by atoms with Crippen LogP contribution in [-0.2, 0) is 0 Å². The van der Waals surface area contributed by atoms with Gasteiger partial charge in [-0.05, 0) is 17.7 Å². The normalized spacial score (nSPS) is 18.1. The molecule has 0 unspecified atom stereocenters. The van der Waals surface area contributed by atoms with Gasteiger partial charge in [0.1, 0.15) is 11.5 Å². The fraction of sp³-hybridized carbons (Fsp3) is 0.286. The maximum atomic E-state index is 11.2. The number of fused-ring (bicyclic) bond motifs is 1. The molecule has 0 spiro atoms. The molecule has 32 heavy (non-hydrogen) atoms. The van der Waals surface area contributed by atoms with Crippen molar-refractivity contribution < 1.29 is 19.4 Å². The average molecular weight is 478 g/mol. The molecule has 168 valence electrons. The van der Waals surface area contributed by atoms with Crippen molar-refractivity contribution in [2.45, 2.75) is 12.1 Å². The summed E-state index contributed by atoms with van der Waals surface area (Å²) in [6.45, 7) is 0.529. The number of amides is 1. The molecule has 0 radical (unpaired) electrons. The molecule has 11 heteroatoms. The van der Waals surface area contributed by atoms with Crippen molar-refractivity contribution in [2.75, 3.05) is 32.6 Å². The molecule has 9 nitrogen and oxygen atoms in total. The molecule has 1 aliphatic rings. The Kier molecular flexibility index (Phi) is 6.14. The van der Waals surface area contributed by atoms with E-state index >= 15 is 0 Å². The highest BCUT2D eigenvalue weighted by molar-refractivity contribution is 6.41. The van der Waals surface area contributed by atoms with Gasteiger partial charge in [0.25, 0.3) is 0 Å². The molecule has 1 amide bonds. The summed E-state index contributed by atoms with van der Waals surface area (Å²) in [4.78, 5) is 21.3. The summed E-state index contributed by atoms with van der Waals surface area (Å²) in [6.07, 6.45) is 0.672. The zero-order chi connectivity index (χ0) is 23.0. The summed E-state index contributed by atoms with van der Waals surface area (Å²) in [5.41, 5.74) is 8.09. The number of hydrogen-bond donors (Lipinski definition) is 3. The molecule has 2 heterocycles. The quantitative estimate of drug-likeness (QED) is 0.507. The van der Waals surface area contributed by atoms with Crippen LogP contribution in [0.3, 0.4) is 0 Å². The average Bonchev–Trinajstić information content (AvgIpc) is 3.14. The molecule has 1 aromatic heterocycles. The largest absolute Gasteiger partial charge is 0.495 e. The molecular weight excluding hydrogens is 457 g/mol. The van der Waals surface area contributed by atoms with Crippen LogP contribution in [0, 0.1) is 0 Å². The van der Waals surface area contributed by atoms with Gasteiger partial charge in [0.2, 0.25) is 5.95 Å². The van der Waals surface area contributed by atoms with E-state index in [1.807, 2.05) is 18.2 Å². The number of anilines is 1. The second-order valence-electron chi connectivity index (χ2n) is 7.35. The van der Waals surface area contributed by atoms with E-state index in [0.717, 1.165) is 10.9 Å². The van der Waals surface area contributed by atoms with E-state index in [1.54, 1.807) is 12.3 Å². The molecule has 1 aliphatic heterocycles. The van der Waals surface area contributed by atoms with Crippen molar-refractivity contribution in [1.29, 1.82) is 0 Å². The minimum Gasteiger partial charge on any atom is -0.495 e. The summed E-state index contributed by atoms with van der Waals surface area (Å²) in [5.74, 6) is 1.27. The lowest BCUT2D eigenvalue weighted by Gasteiger charge is -2.17. The topological polar surface area (TPSA) is 123 Å². The molecular formula is C21H21Cl2N5O4. The van der Waals surface area contributed by atoms with Gasteiger partial charge in [-0.1, -0.05) is 29.3 Å². The van der Waals surface area contributed by atoms with Crippen LogP contribution in [0.15, 0.2) is 30.5 Å². The molecule has 0 saturated carbocycles. The number of methoxy groups -OCH3 is 2. The number of aromatic nitrogens is 2. The highest BCUT2D eigenvalue weighted by atomic mass is 35.5. The first-order valence-corrected chi connectivity index (χ1v) is 10.4. The van der Waals surface area contributed by atoms with E-state index in [0.29, 0.717) is 38.6 Å². The number of carbonyl (C=O) groups is 1. The number of nitrogens with zero attached hydrogens (tertiary/aromatic N) is 3. The first kappa shape index (κ1) is 22.2. The SMILES string of the molecule is COc1cc(OC)c(Cl)c(-c2ccc3nc(N[C@@H]4CN(C(=O)O)C[C@@H]4N)ncc3c2)c1Cl. The van der Waals surface area contributed by atoms with Crippen LogP contribution >= 0.6 is 23.2 Å². The van der Waals surface area contributed by atoms with Gasteiger partial charge in [-0.3, -0.25) is 0 Å². The van der Waals surface area contributed by atoms with Crippen LogP contribution in [0.1, 0.15) is 0 Å². The Morgan fingerprint density at radius 1 is 1.19 bits per heavy atom. The lowest BCUT2D eigenvalue weighted by Crippen LogP contribution is -2.39. The number of hydrogen-bond acceptors (Lipinski definition) is 7. The highest BCUT2D eigenvalue weighted by Gasteiger charge is 2.33. The summed E-state index contributed by atoms with van der Waals surface area (Å²) in [5, 5.41) is 13.8. The number of ether oxygens (including phenoxy) is 2. The van der Waals surface area contributed by atoms with E-state index in [9.17, 15) is 4.79 Å². The third-order valence-corrected chi connectivity index (χ3v) is 6.14. The Morgan fingerprint density at radius 3 is 2.47 bits per heavy atom. The van der Waals surface area contributed by atoms with Crippen molar-refractivity contribution in [3.8, 4) is 22.6 Å². The molecule has 4 N–H and O–H groups in total. The van der Waals surface area contributed by atoms with Gasteiger partial charge < -0.3 is 30.5 Å². The van der Waals surface area contributed by atoms with Crippen LogP contribution in [0.4, 0.5) is 10.7 Å². The summed E-state index contributed by atoms with van der Waals surface area (Å²) < 4.78 is 10.7. The van der Waals surface area contributed by atoms with Crippen molar-refractivity contribution in [3.05, 3.63) is 40.5 Å². The lowest BCUT2D eigenvalue weighted by atomic mass is 10.0. The smallest absolute Gasteiger partial charge is 0.407 e. The Hall–Kier alpha value is -3.01. The Bertz CT molecular complexity index is 1160. The number of nitrogens with two attached hydrogens (primary N) is 1. The lowest BCUT2D eigenvalue weighted by molar-refractivity contribution is 0.155. The zero-order valence-electron chi connectivity index (χ0n) is 17.3. The molecule has 1 fully saturated rings. The molecule has 2 aromatic carbocycles. The van der Waals surface area contributed by atoms with E-state index in [-0.39, 0.29) is 25.2 Å². The van der Waals surface area contributed by atoms with Gasteiger partial charge in [-0.2, -0.15) is 0 Å². The Balaban J connectivity index is 1.65. The molecule has 2 atom stereocenters. The number of rotatable bonds is 5. The van der Waals surface area contributed by atoms with E-state index in [2.05, 4.69) is 15.3 Å². The number of nitrogens with one attached hydrogen (secondary N) is 1. The second-order valence-corrected chi connectivity index (χ2v) is 8.11. The van der Waals surface area contributed by atoms with Crippen molar-refractivity contribution in [3.63, 3.8) is 0 Å². The van der Waals surface area contributed by atoms with Crippen LogP contribution in [0.25, 0.3) is 22.0 Å². The van der Waals surface area contributed by atoms with E-state index < -0.39 is 6.09 Å². The predicted molar refractivity (Wildman–Crippen MR) is 123 cm³/mol. The van der Waals surface area contributed by atoms with Gasteiger partial charge in [-0.25, -0.2) is 14.8 Å². The minimum absolute atomic E-state index is 0.259. The molecule has 4 rings (SSSR count). The van der Waals surface area contributed by atoms with E-state index in [1.165, 1.54) is 19.1 Å². The maximum Gasteiger partial charge on any atom is 0.407 e. The summed E-state index contributed by atoms with van der Waals surface area (Å²) in [6, 6.07) is 6.56. The highest BCUT2D eigenvalue weighted by Crippen LogP contribution is 2.46.